The van der Waals surface area contributed by atoms with Crippen molar-refractivity contribution in [1.82, 2.24) is 14.9 Å². The topological polar surface area (TPSA) is 29.0 Å². The maximum atomic E-state index is 4.81. The fourth-order valence-electron chi connectivity index (χ4n) is 2.19. The third-order valence-corrected chi connectivity index (χ3v) is 3.93. The van der Waals surface area contributed by atoms with Crippen LogP contribution in [0.5, 0.6) is 0 Å². The zero-order chi connectivity index (χ0) is 15.9. The van der Waals surface area contributed by atoms with Gasteiger partial charge in [-0.15, -0.1) is 12.6 Å². The van der Waals surface area contributed by atoms with Crippen molar-refractivity contribution in [1.29, 1.82) is 0 Å². The Hall–Kier alpha value is -1.72. The van der Waals surface area contributed by atoms with Gasteiger partial charge in [0.2, 0.25) is 0 Å². The molecule has 114 valence electrons. The second kappa shape index (κ2) is 8.06. The van der Waals surface area contributed by atoms with E-state index in [9.17, 15) is 0 Å². The van der Waals surface area contributed by atoms with Crippen molar-refractivity contribution < 1.29 is 0 Å². The largest absolute Gasteiger partial charge is 0.358 e. The third kappa shape index (κ3) is 3.93. The fraction of sp³-hybridized carbons (Fsp3) is 0.235. The van der Waals surface area contributed by atoms with Crippen molar-refractivity contribution in [3.8, 4) is 0 Å². The van der Waals surface area contributed by atoms with Crippen LogP contribution in [0, 0.1) is 0 Å². The number of nitrogens with zero attached hydrogens (tertiary/aromatic N) is 3. The molecular weight excluding hydrogens is 310 g/mol. The van der Waals surface area contributed by atoms with Gasteiger partial charge in [-0.05, 0) is 38.1 Å². The number of thiocarbonyl (C=S) groups is 1. The summed E-state index contributed by atoms with van der Waals surface area (Å²) in [7, 11) is 0. The molecule has 2 heterocycles. The van der Waals surface area contributed by atoms with E-state index in [-0.39, 0.29) is 0 Å². The Morgan fingerprint density at radius 2 is 1.73 bits per heavy atom. The zero-order valence-electron chi connectivity index (χ0n) is 12.7. The van der Waals surface area contributed by atoms with Crippen LogP contribution in [0.15, 0.2) is 48.8 Å². The first-order chi connectivity index (χ1) is 10.7. The van der Waals surface area contributed by atoms with Crippen molar-refractivity contribution in [2.45, 2.75) is 13.8 Å². The van der Waals surface area contributed by atoms with Gasteiger partial charge in [0.25, 0.3) is 0 Å². The van der Waals surface area contributed by atoms with Crippen molar-refractivity contribution in [3.05, 3.63) is 48.8 Å². The summed E-state index contributed by atoms with van der Waals surface area (Å²) in [6, 6.07) is 12.1. The molecule has 22 heavy (non-hydrogen) atoms. The minimum Gasteiger partial charge on any atom is -0.358 e. The van der Waals surface area contributed by atoms with E-state index in [1.807, 2.05) is 29.3 Å². The number of rotatable bonds is 2. The molecule has 0 aliphatic heterocycles. The van der Waals surface area contributed by atoms with Crippen LogP contribution in [-0.2, 0) is 0 Å². The van der Waals surface area contributed by atoms with E-state index in [2.05, 4.69) is 54.6 Å². The van der Waals surface area contributed by atoms with Gasteiger partial charge in [-0.2, -0.15) is 0 Å². The summed E-state index contributed by atoms with van der Waals surface area (Å²) in [4.78, 5) is 10.7. The average molecular weight is 329 g/mol. The van der Waals surface area contributed by atoms with E-state index >= 15 is 0 Å². The summed E-state index contributed by atoms with van der Waals surface area (Å²) in [5.41, 5.74) is 2.02. The monoisotopic (exact) mass is 329 g/mol. The molecule has 0 fully saturated rings. The lowest BCUT2D eigenvalue weighted by Gasteiger charge is -2.16. The average Bonchev–Trinajstić information content (AvgIpc) is 2.56. The molecule has 0 atom stereocenters. The van der Waals surface area contributed by atoms with E-state index in [0.717, 1.165) is 34.9 Å². The predicted molar refractivity (Wildman–Crippen MR) is 102 cm³/mol. The third-order valence-electron chi connectivity index (χ3n) is 3.39. The van der Waals surface area contributed by atoms with Crippen LogP contribution in [0.2, 0.25) is 0 Å². The van der Waals surface area contributed by atoms with Crippen molar-refractivity contribution in [2.24, 2.45) is 0 Å². The van der Waals surface area contributed by atoms with Gasteiger partial charge in [0, 0.05) is 36.3 Å². The highest BCUT2D eigenvalue weighted by Gasteiger charge is 1.99. The standard InChI is InChI=1S/C12H8N2.C5H11NS2/c1-3-9-5-6-11-10(4-2-7-13-11)12(9)14-8-1;1-3-6(4-2)5(7)8/h1-8H;3-4H2,1-2H3,(H,7,8). The maximum absolute atomic E-state index is 4.81. The lowest BCUT2D eigenvalue weighted by Crippen LogP contribution is -2.24. The molecule has 0 saturated carbocycles. The Morgan fingerprint density at radius 1 is 1.05 bits per heavy atom. The fourth-order valence-corrected chi connectivity index (χ4v) is 2.73. The molecule has 2 aromatic heterocycles. The van der Waals surface area contributed by atoms with Gasteiger partial charge < -0.3 is 4.90 Å². The lowest BCUT2D eigenvalue weighted by atomic mass is 10.1. The van der Waals surface area contributed by atoms with Gasteiger partial charge in [0.05, 0.1) is 11.0 Å². The van der Waals surface area contributed by atoms with Gasteiger partial charge in [-0.3, -0.25) is 9.97 Å². The molecule has 5 heteroatoms. The number of fused-ring (bicyclic) bond motifs is 3. The summed E-state index contributed by atoms with van der Waals surface area (Å²) in [6.45, 7) is 6.04. The van der Waals surface area contributed by atoms with E-state index in [0.29, 0.717) is 4.32 Å². The summed E-state index contributed by atoms with van der Waals surface area (Å²) in [6.07, 6.45) is 3.62. The van der Waals surface area contributed by atoms with Crippen LogP contribution >= 0.6 is 24.8 Å². The van der Waals surface area contributed by atoms with Crippen LogP contribution < -0.4 is 0 Å². The van der Waals surface area contributed by atoms with E-state index < -0.39 is 0 Å². The van der Waals surface area contributed by atoms with Crippen molar-refractivity contribution >= 4 is 51.0 Å². The van der Waals surface area contributed by atoms with Gasteiger partial charge in [0.1, 0.15) is 4.32 Å². The summed E-state index contributed by atoms with van der Waals surface area (Å²) < 4.78 is 0.690. The predicted octanol–water partition coefficient (Wildman–Crippen LogP) is 4.33. The molecule has 0 bridgehead atoms. The molecule has 0 unspecified atom stereocenters. The molecule has 0 aliphatic rings. The summed E-state index contributed by atoms with van der Waals surface area (Å²) >= 11 is 8.82. The second-order valence-electron chi connectivity index (χ2n) is 4.67. The smallest absolute Gasteiger partial charge is 0.133 e. The van der Waals surface area contributed by atoms with Crippen LogP contribution in [0.1, 0.15) is 13.8 Å². The Bertz CT molecular complexity index is 715. The number of aromatic nitrogens is 2. The van der Waals surface area contributed by atoms with Gasteiger partial charge >= 0.3 is 0 Å². The number of hydrogen-bond donors (Lipinski definition) is 1. The number of thiol groups is 1. The van der Waals surface area contributed by atoms with Crippen molar-refractivity contribution in [2.75, 3.05) is 13.1 Å². The molecule has 0 aliphatic carbocycles. The van der Waals surface area contributed by atoms with Crippen LogP contribution in [0.4, 0.5) is 0 Å². The van der Waals surface area contributed by atoms with E-state index in [4.69, 9.17) is 12.2 Å². The Labute approximate surface area is 141 Å². The highest BCUT2D eigenvalue weighted by Crippen LogP contribution is 2.20. The summed E-state index contributed by atoms with van der Waals surface area (Å²) in [5.74, 6) is 0. The number of pyridine rings is 2. The highest BCUT2D eigenvalue weighted by atomic mass is 32.1. The SMILES string of the molecule is CCN(CC)C(=S)S.c1cnc2c(c1)ccc1ncccc12. The van der Waals surface area contributed by atoms with Gasteiger partial charge in [0.15, 0.2) is 0 Å². The normalized spacial score (nSPS) is 10.1. The van der Waals surface area contributed by atoms with E-state index in [1.165, 1.54) is 0 Å². The Morgan fingerprint density at radius 3 is 2.36 bits per heavy atom. The second-order valence-corrected chi connectivity index (χ2v) is 5.78. The number of benzene rings is 1. The first kappa shape index (κ1) is 16.6. The Balaban J connectivity index is 0.000000192. The van der Waals surface area contributed by atoms with Crippen LogP contribution in [0.3, 0.4) is 0 Å². The van der Waals surface area contributed by atoms with E-state index in [1.54, 1.807) is 6.20 Å². The zero-order valence-corrected chi connectivity index (χ0v) is 14.4. The highest BCUT2D eigenvalue weighted by molar-refractivity contribution is 8.10. The molecule has 0 N–H and O–H groups in total. The van der Waals surface area contributed by atoms with Gasteiger partial charge in [-0.1, -0.05) is 24.4 Å². The molecule has 3 rings (SSSR count). The number of hydrogen-bond acceptors (Lipinski definition) is 3. The molecule has 0 amide bonds. The quantitative estimate of drug-likeness (QED) is 0.430. The molecule has 3 nitrogen and oxygen atoms in total. The first-order valence-corrected chi connectivity index (χ1v) is 8.09. The van der Waals surface area contributed by atoms with Crippen LogP contribution in [-0.4, -0.2) is 32.3 Å². The minimum atomic E-state index is 0.690. The van der Waals surface area contributed by atoms with Crippen molar-refractivity contribution in [3.63, 3.8) is 0 Å². The minimum absolute atomic E-state index is 0.690. The summed E-state index contributed by atoms with van der Waals surface area (Å²) in [5, 5.41) is 2.28. The molecular formula is C17H19N3S2. The van der Waals surface area contributed by atoms with Gasteiger partial charge in [-0.25, -0.2) is 0 Å². The molecule has 0 spiro atoms. The Kier molecular flexibility index (Phi) is 6.10. The molecule has 1 aromatic carbocycles. The van der Waals surface area contributed by atoms with Crippen LogP contribution in [0.25, 0.3) is 21.8 Å². The lowest BCUT2D eigenvalue weighted by molar-refractivity contribution is 0.482. The molecule has 0 radical (unpaired) electrons. The molecule has 0 saturated heterocycles. The first-order valence-electron chi connectivity index (χ1n) is 7.23. The maximum Gasteiger partial charge on any atom is 0.133 e. The molecule has 3 aromatic rings.